The fraction of sp³-hybridized carbons (Fsp3) is 0. The van der Waals surface area contributed by atoms with Gasteiger partial charge in [-0.2, -0.15) is 0 Å². The molecule has 2 aromatic rings. The Morgan fingerprint density at radius 1 is 1.41 bits per heavy atom. The Morgan fingerprint density at radius 3 is 2.76 bits per heavy atom. The number of hydrogen-bond donors (Lipinski definition) is 2. The molecule has 0 radical (unpaired) electrons. The first-order valence-electron chi connectivity index (χ1n) is 4.15. The quantitative estimate of drug-likeness (QED) is 0.461. The summed E-state index contributed by atoms with van der Waals surface area (Å²) in [7, 11) is 0. The second kappa shape index (κ2) is 6.79. The van der Waals surface area contributed by atoms with E-state index in [1.165, 1.54) is 10.9 Å². The van der Waals surface area contributed by atoms with Crippen LogP contribution in [-0.2, 0) is 0 Å². The Morgan fingerprint density at radius 2 is 2.18 bits per heavy atom. The molecule has 0 aliphatic rings. The molecule has 0 aliphatic heterocycles. The van der Waals surface area contributed by atoms with Crippen molar-refractivity contribution in [3.05, 3.63) is 36.4 Å². The Balaban J connectivity index is 0.00000128. The van der Waals surface area contributed by atoms with Gasteiger partial charge in [0, 0.05) is 6.20 Å². The monoisotopic (exact) mass is 276 g/mol. The molecule has 0 fully saturated rings. The molecule has 3 N–H and O–H groups in total. The Kier molecular flexibility index (Phi) is 6.11. The predicted octanol–water partition coefficient (Wildman–Crippen LogP) is 0.109. The number of pyridine rings is 1. The minimum atomic E-state index is -0.481. The van der Waals surface area contributed by atoms with Gasteiger partial charge in [0.2, 0.25) is 0 Å². The van der Waals surface area contributed by atoms with Crippen molar-refractivity contribution in [1.29, 1.82) is 0 Å². The topological polar surface area (TPSA) is 98.7 Å². The van der Waals surface area contributed by atoms with E-state index >= 15 is 0 Å². The molecule has 7 nitrogen and oxygen atoms in total. The maximum Gasteiger partial charge on any atom is 0.287 e. The molecule has 0 saturated carbocycles. The molecule has 2 heterocycles. The molecular formula is C8H10Cl2N6O. The van der Waals surface area contributed by atoms with Crippen LogP contribution in [0.2, 0.25) is 0 Å². The van der Waals surface area contributed by atoms with Crippen LogP contribution in [0.25, 0.3) is 5.69 Å². The fourth-order valence-electron chi connectivity index (χ4n) is 1.06. The summed E-state index contributed by atoms with van der Waals surface area (Å²) in [6.07, 6.45) is 4.73. The average Bonchev–Trinajstić information content (AvgIpc) is 2.78. The number of nitrogen functional groups attached to an aromatic ring is 1. The van der Waals surface area contributed by atoms with Crippen molar-refractivity contribution in [2.24, 2.45) is 5.84 Å². The number of carbonyl (C=O) groups excluding carboxylic acids is 1. The molecule has 1 amide bonds. The molecular weight excluding hydrogens is 267 g/mol. The number of halogens is 2. The first-order valence-corrected chi connectivity index (χ1v) is 4.15. The second-order valence-electron chi connectivity index (χ2n) is 2.73. The second-order valence-corrected chi connectivity index (χ2v) is 2.73. The summed E-state index contributed by atoms with van der Waals surface area (Å²) in [5.41, 5.74) is 2.85. The van der Waals surface area contributed by atoms with Gasteiger partial charge in [0.25, 0.3) is 5.91 Å². The number of nitrogens with zero attached hydrogens (tertiary/aromatic N) is 4. The third kappa shape index (κ3) is 3.38. The highest BCUT2D eigenvalue weighted by Gasteiger charge is 2.09. The van der Waals surface area contributed by atoms with Crippen LogP contribution >= 0.6 is 24.8 Å². The van der Waals surface area contributed by atoms with E-state index in [-0.39, 0.29) is 30.5 Å². The zero-order valence-corrected chi connectivity index (χ0v) is 10.1. The summed E-state index contributed by atoms with van der Waals surface area (Å²) in [6, 6.07) is 3.56. The van der Waals surface area contributed by atoms with Crippen LogP contribution < -0.4 is 11.3 Å². The summed E-state index contributed by atoms with van der Waals surface area (Å²) in [4.78, 5) is 15.0. The molecule has 2 rings (SSSR count). The van der Waals surface area contributed by atoms with Gasteiger partial charge in [0.05, 0.1) is 18.1 Å². The number of nitrogens with one attached hydrogen (secondary N) is 1. The number of hydrazine groups is 1. The third-order valence-corrected chi connectivity index (χ3v) is 1.77. The number of amides is 1. The van der Waals surface area contributed by atoms with Gasteiger partial charge in [0.1, 0.15) is 0 Å². The summed E-state index contributed by atoms with van der Waals surface area (Å²) in [6.45, 7) is 0. The van der Waals surface area contributed by atoms with Crippen molar-refractivity contribution >= 4 is 30.7 Å². The maximum absolute atomic E-state index is 11.1. The molecule has 0 bridgehead atoms. The van der Waals surface area contributed by atoms with Crippen molar-refractivity contribution in [2.45, 2.75) is 0 Å². The lowest BCUT2D eigenvalue weighted by Crippen LogP contribution is -2.30. The predicted molar refractivity (Wildman–Crippen MR) is 65.3 cm³/mol. The molecule has 0 spiro atoms. The lowest BCUT2D eigenvalue weighted by molar-refractivity contribution is 0.0948. The minimum Gasteiger partial charge on any atom is -0.289 e. The first kappa shape index (κ1) is 15.3. The molecule has 0 unspecified atom stereocenters. The van der Waals surface area contributed by atoms with Gasteiger partial charge in [0.15, 0.2) is 5.69 Å². The van der Waals surface area contributed by atoms with E-state index in [2.05, 4.69) is 15.3 Å². The SMILES string of the molecule is Cl.Cl.NNC(=O)c1cn(-c2cccnc2)nn1. The van der Waals surface area contributed by atoms with Gasteiger partial charge >= 0.3 is 0 Å². The van der Waals surface area contributed by atoms with Crippen LogP contribution in [0.15, 0.2) is 30.7 Å². The van der Waals surface area contributed by atoms with E-state index in [4.69, 9.17) is 5.84 Å². The van der Waals surface area contributed by atoms with Crippen LogP contribution in [-0.4, -0.2) is 25.9 Å². The molecule has 0 aromatic carbocycles. The van der Waals surface area contributed by atoms with Crippen molar-refractivity contribution in [1.82, 2.24) is 25.4 Å². The van der Waals surface area contributed by atoms with Crippen molar-refractivity contribution in [2.75, 3.05) is 0 Å². The van der Waals surface area contributed by atoms with Crippen molar-refractivity contribution < 1.29 is 4.79 Å². The minimum absolute atomic E-state index is 0. The van der Waals surface area contributed by atoms with Gasteiger partial charge < -0.3 is 0 Å². The highest BCUT2D eigenvalue weighted by Crippen LogP contribution is 2.03. The molecule has 2 aromatic heterocycles. The number of rotatable bonds is 2. The van der Waals surface area contributed by atoms with Crippen LogP contribution in [0.5, 0.6) is 0 Å². The normalized spacial score (nSPS) is 8.76. The van der Waals surface area contributed by atoms with Crippen LogP contribution in [0.3, 0.4) is 0 Å². The smallest absolute Gasteiger partial charge is 0.287 e. The summed E-state index contributed by atoms with van der Waals surface area (Å²) >= 11 is 0. The summed E-state index contributed by atoms with van der Waals surface area (Å²) in [5.74, 6) is 4.48. The highest BCUT2D eigenvalue weighted by atomic mass is 35.5. The molecule has 0 saturated heterocycles. The van der Waals surface area contributed by atoms with Crippen molar-refractivity contribution in [3.8, 4) is 5.69 Å². The number of carbonyl (C=O) groups is 1. The molecule has 0 aliphatic carbocycles. The van der Waals surface area contributed by atoms with E-state index in [1.807, 2.05) is 5.43 Å². The van der Waals surface area contributed by atoms with Gasteiger partial charge in [-0.15, -0.1) is 29.9 Å². The molecule has 17 heavy (non-hydrogen) atoms. The van der Waals surface area contributed by atoms with E-state index in [1.54, 1.807) is 24.5 Å². The number of nitrogens with two attached hydrogens (primary N) is 1. The Hall–Kier alpha value is -1.70. The Labute approximate surface area is 109 Å². The zero-order valence-electron chi connectivity index (χ0n) is 8.48. The third-order valence-electron chi connectivity index (χ3n) is 1.77. The van der Waals surface area contributed by atoms with Crippen LogP contribution in [0, 0.1) is 0 Å². The lowest BCUT2D eigenvalue weighted by Gasteiger charge is -1.96. The molecule has 9 heteroatoms. The number of aromatic nitrogens is 4. The van der Waals surface area contributed by atoms with Crippen molar-refractivity contribution in [3.63, 3.8) is 0 Å². The van der Waals surface area contributed by atoms with E-state index in [0.717, 1.165) is 5.69 Å². The molecule has 92 valence electrons. The van der Waals surface area contributed by atoms with Gasteiger partial charge in [-0.25, -0.2) is 10.5 Å². The highest BCUT2D eigenvalue weighted by molar-refractivity contribution is 5.91. The maximum atomic E-state index is 11.1. The summed E-state index contributed by atoms with van der Waals surface area (Å²) < 4.78 is 1.44. The summed E-state index contributed by atoms with van der Waals surface area (Å²) in [5, 5.41) is 7.42. The van der Waals surface area contributed by atoms with E-state index in [0.29, 0.717) is 0 Å². The van der Waals surface area contributed by atoms with E-state index < -0.39 is 5.91 Å². The van der Waals surface area contributed by atoms with Crippen LogP contribution in [0.4, 0.5) is 0 Å². The van der Waals surface area contributed by atoms with E-state index in [9.17, 15) is 4.79 Å². The lowest BCUT2D eigenvalue weighted by atomic mass is 10.4. The first-order chi connectivity index (χ1) is 7.31. The van der Waals surface area contributed by atoms with Gasteiger partial charge in [-0.05, 0) is 12.1 Å². The fourth-order valence-corrected chi connectivity index (χ4v) is 1.06. The van der Waals surface area contributed by atoms with Gasteiger partial charge in [-0.1, -0.05) is 5.21 Å². The average molecular weight is 277 g/mol. The van der Waals surface area contributed by atoms with Crippen LogP contribution in [0.1, 0.15) is 10.5 Å². The Bertz CT molecular complexity index is 474. The standard InChI is InChI=1S/C8H8N6O.2ClH/c9-11-8(15)7-5-14(13-12-7)6-2-1-3-10-4-6;;/h1-5H,9H2,(H,11,15);2*1H. The number of hydrogen-bond acceptors (Lipinski definition) is 5. The molecule has 0 atom stereocenters. The zero-order chi connectivity index (χ0) is 10.7. The largest absolute Gasteiger partial charge is 0.289 e. The van der Waals surface area contributed by atoms with Gasteiger partial charge in [-0.3, -0.25) is 15.2 Å².